The van der Waals surface area contributed by atoms with Crippen LogP contribution < -0.4 is 33.2 Å². The summed E-state index contributed by atoms with van der Waals surface area (Å²) in [6.45, 7) is 11.9. The lowest BCUT2D eigenvalue weighted by molar-refractivity contribution is -0.0110. The molecule has 0 unspecified atom stereocenters. The molecule has 1 fully saturated rings. The highest BCUT2D eigenvalue weighted by molar-refractivity contribution is 6.07. The van der Waals surface area contributed by atoms with Gasteiger partial charge in [-0.1, -0.05) is 12.2 Å². The van der Waals surface area contributed by atoms with Gasteiger partial charge in [0.15, 0.2) is 5.65 Å². The molecular formula is C39H48N16O5. The van der Waals surface area contributed by atoms with Crippen LogP contribution in [0.5, 0.6) is 0 Å². The fraction of sp³-hybridized carbons (Fsp3) is 0.359. The van der Waals surface area contributed by atoms with Crippen LogP contribution in [0.25, 0.3) is 22.2 Å². The maximum absolute atomic E-state index is 13.8. The van der Waals surface area contributed by atoms with Crippen molar-refractivity contribution in [1.82, 2.24) is 48.5 Å². The molecule has 6 aromatic rings. The minimum absolute atomic E-state index is 0.142. The molecule has 9 N–H and O–H groups in total. The summed E-state index contributed by atoms with van der Waals surface area (Å²) >= 11 is 0. The van der Waals surface area contributed by atoms with Crippen LogP contribution in [-0.2, 0) is 30.9 Å². The van der Waals surface area contributed by atoms with Crippen molar-refractivity contribution in [1.29, 1.82) is 0 Å². The van der Waals surface area contributed by atoms with Gasteiger partial charge in [0, 0.05) is 64.2 Å². The van der Waals surface area contributed by atoms with Gasteiger partial charge >= 0.3 is 0 Å². The number of pyridine rings is 1. The largest absolute Gasteiger partial charge is 0.395 e. The van der Waals surface area contributed by atoms with Gasteiger partial charge in [0.25, 0.3) is 11.8 Å². The van der Waals surface area contributed by atoms with Crippen molar-refractivity contribution < 1.29 is 23.9 Å². The summed E-state index contributed by atoms with van der Waals surface area (Å²) in [4.78, 5) is 68.0. The molecule has 0 radical (unpaired) electrons. The van der Waals surface area contributed by atoms with E-state index in [4.69, 9.17) is 26.9 Å². The van der Waals surface area contributed by atoms with Crippen LogP contribution in [0, 0.1) is 13.8 Å². The van der Waals surface area contributed by atoms with Gasteiger partial charge in [0.1, 0.15) is 16.9 Å². The normalized spacial score (nSPS) is 13.4. The fourth-order valence-corrected chi connectivity index (χ4v) is 7.13. The third-order valence-corrected chi connectivity index (χ3v) is 10.1. The molecule has 1 aromatic carbocycles. The van der Waals surface area contributed by atoms with E-state index in [-0.39, 0.29) is 47.5 Å². The fourth-order valence-electron chi connectivity index (χ4n) is 7.13. The van der Waals surface area contributed by atoms with Crippen molar-refractivity contribution >= 4 is 69.1 Å². The SMILES string of the molecule is CCn1nc(C)cc1C(=O)Nc1nc2cc(C(N)=O)cc(NCCN3CCCOC3)c2n1C/C=C/Cn1c(NC(=O)c2c(N)c(C)nn2CC)nc2cc(C(N)=O)cnc21. The predicted octanol–water partition coefficient (Wildman–Crippen LogP) is 2.46. The molecule has 6 heterocycles. The Morgan fingerprint density at radius 3 is 2.23 bits per heavy atom. The number of ether oxygens (including phenoxy) is 1. The number of hydrogen-bond acceptors (Lipinski definition) is 13. The third kappa shape index (κ3) is 8.38. The number of nitrogens with two attached hydrogens (primary N) is 3. The van der Waals surface area contributed by atoms with Gasteiger partial charge in [-0.2, -0.15) is 10.2 Å². The first-order valence-electron chi connectivity index (χ1n) is 19.6. The number of hydrogen-bond donors (Lipinski definition) is 6. The number of fused-ring (bicyclic) bond motifs is 2. The molecule has 1 aliphatic heterocycles. The monoisotopic (exact) mass is 820 g/mol. The molecule has 21 nitrogen and oxygen atoms in total. The molecule has 314 valence electrons. The van der Waals surface area contributed by atoms with E-state index in [9.17, 15) is 19.2 Å². The number of imidazole rings is 2. The highest BCUT2D eigenvalue weighted by Gasteiger charge is 2.24. The van der Waals surface area contributed by atoms with Crippen LogP contribution >= 0.6 is 0 Å². The Morgan fingerprint density at radius 2 is 1.53 bits per heavy atom. The topological polar surface area (TPSA) is 279 Å². The van der Waals surface area contributed by atoms with Crippen molar-refractivity contribution in [2.45, 2.75) is 60.3 Å². The average Bonchev–Trinajstić information content (AvgIpc) is 3.97. The number of primary amides is 2. The quantitative estimate of drug-likeness (QED) is 0.0767. The van der Waals surface area contributed by atoms with E-state index < -0.39 is 23.6 Å². The lowest BCUT2D eigenvalue weighted by atomic mass is 10.1. The predicted molar refractivity (Wildman–Crippen MR) is 225 cm³/mol. The molecule has 5 aromatic heterocycles. The van der Waals surface area contributed by atoms with E-state index in [0.717, 1.165) is 19.6 Å². The Morgan fingerprint density at radius 1 is 0.850 bits per heavy atom. The number of anilines is 4. The van der Waals surface area contributed by atoms with Crippen molar-refractivity contribution in [3.63, 3.8) is 0 Å². The molecule has 0 saturated carbocycles. The van der Waals surface area contributed by atoms with Gasteiger partial charge < -0.3 is 31.8 Å². The molecule has 7 rings (SSSR count). The zero-order valence-corrected chi connectivity index (χ0v) is 33.9. The summed E-state index contributed by atoms with van der Waals surface area (Å²) in [5.41, 5.74) is 22.3. The average molecular weight is 821 g/mol. The molecule has 1 aliphatic rings. The standard InChI is InChI=1S/C39H48N16O5/c1-5-54-29(16-22(3)49-54)36(58)47-38-45-27-18-24(33(41)56)17-26(43-10-14-51-11-9-15-60-21-51)31(27)52(38)12-7-8-13-53-35-28(19-25(20-44-35)34(42)57)46-39(53)48-37(59)32-30(40)23(4)50-55(32)6-2/h7-8,16-20,43H,5-6,9-15,21,40H2,1-4H3,(H2,41,56)(H2,42,57)(H,45,47,58)(H,46,48,59)/b8-7+. The second kappa shape index (κ2) is 17.4. The molecule has 4 amide bonds. The first kappa shape index (κ1) is 41.0. The van der Waals surface area contributed by atoms with Crippen LogP contribution in [0.3, 0.4) is 0 Å². The number of carbonyl (C=O) groups is 4. The van der Waals surface area contributed by atoms with E-state index in [2.05, 4.69) is 41.0 Å². The van der Waals surface area contributed by atoms with Gasteiger partial charge in [-0.15, -0.1) is 0 Å². The summed E-state index contributed by atoms with van der Waals surface area (Å²) in [6, 6.07) is 6.47. The number of nitrogens with one attached hydrogen (secondary N) is 3. The minimum Gasteiger partial charge on any atom is -0.395 e. The van der Waals surface area contributed by atoms with Crippen LogP contribution in [0.4, 0.5) is 23.3 Å². The molecule has 0 atom stereocenters. The third-order valence-electron chi connectivity index (χ3n) is 10.1. The zero-order chi connectivity index (χ0) is 42.7. The molecule has 60 heavy (non-hydrogen) atoms. The maximum atomic E-state index is 13.8. The Hall–Kier alpha value is -7.13. The van der Waals surface area contributed by atoms with Gasteiger partial charge in [-0.3, -0.25) is 48.6 Å². The van der Waals surface area contributed by atoms with Crippen molar-refractivity contribution in [3.8, 4) is 0 Å². The molecule has 0 aliphatic carbocycles. The minimum atomic E-state index is -0.679. The number of allylic oxidation sites excluding steroid dienone is 2. The summed E-state index contributed by atoms with van der Waals surface area (Å²) in [5, 5.41) is 18.1. The molecular weight excluding hydrogens is 773 g/mol. The van der Waals surface area contributed by atoms with E-state index >= 15 is 0 Å². The Balaban J connectivity index is 1.24. The van der Waals surface area contributed by atoms with E-state index in [0.29, 0.717) is 77.9 Å². The lowest BCUT2D eigenvalue weighted by Gasteiger charge is -2.26. The second-order valence-electron chi connectivity index (χ2n) is 14.2. The van der Waals surface area contributed by atoms with Gasteiger partial charge in [-0.25, -0.2) is 15.0 Å². The highest BCUT2D eigenvalue weighted by atomic mass is 16.5. The van der Waals surface area contributed by atoms with Crippen molar-refractivity contribution in [2.75, 3.05) is 54.7 Å². The summed E-state index contributed by atoms with van der Waals surface area (Å²) < 4.78 is 12.2. The Kier molecular flexibility index (Phi) is 11.9. The smallest absolute Gasteiger partial charge is 0.278 e. The lowest BCUT2D eigenvalue weighted by Crippen LogP contribution is -2.36. The zero-order valence-electron chi connectivity index (χ0n) is 33.9. The second-order valence-corrected chi connectivity index (χ2v) is 14.2. The molecule has 1 saturated heterocycles. The van der Waals surface area contributed by atoms with Crippen molar-refractivity contribution in [2.24, 2.45) is 11.5 Å². The number of nitrogens with zero attached hydrogens (tertiary/aromatic N) is 10. The number of carbonyl (C=O) groups excluding carboxylic acids is 4. The van der Waals surface area contributed by atoms with Crippen LogP contribution in [0.1, 0.15) is 73.3 Å². The first-order chi connectivity index (χ1) is 28.9. The van der Waals surface area contributed by atoms with Gasteiger partial charge in [0.05, 0.1) is 46.1 Å². The van der Waals surface area contributed by atoms with Crippen LogP contribution in [0.2, 0.25) is 0 Å². The van der Waals surface area contributed by atoms with Crippen LogP contribution in [-0.4, -0.2) is 105 Å². The maximum Gasteiger partial charge on any atom is 0.278 e. The Labute approximate surface area is 343 Å². The molecule has 21 heteroatoms. The van der Waals surface area contributed by atoms with E-state index in [1.807, 2.05) is 37.5 Å². The Bertz CT molecular complexity index is 2640. The molecule has 0 bridgehead atoms. The number of aryl methyl sites for hydroxylation is 4. The van der Waals surface area contributed by atoms with E-state index in [1.165, 1.54) is 16.9 Å². The molecule has 0 spiro atoms. The highest BCUT2D eigenvalue weighted by Crippen LogP contribution is 2.30. The summed E-state index contributed by atoms with van der Waals surface area (Å²) in [6.07, 6.45) is 5.98. The number of aromatic nitrogens is 9. The van der Waals surface area contributed by atoms with Gasteiger partial charge in [0.2, 0.25) is 23.7 Å². The number of rotatable bonds is 16. The number of amides is 4. The summed E-state index contributed by atoms with van der Waals surface area (Å²) in [7, 11) is 0. The first-order valence-corrected chi connectivity index (χ1v) is 19.6. The van der Waals surface area contributed by atoms with Gasteiger partial charge in [-0.05, 0) is 58.4 Å². The van der Waals surface area contributed by atoms with Crippen LogP contribution in [0.15, 0.2) is 42.6 Å². The number of benzene rings is 1. The summed E-state index contributed by atoms with van der Waals surface area (Å²) in [5.74, 6) is -1.89. The number of nitrogen functional groups attached to an aromatic ring is 1. The van der Waals surface area contributed by atoms with E-state index in [1.54, 1.807) is 34.4 Å². The van der Waals surface area contributed by atoms with Crippen molar-refractivity contribution in [3.05, 3.63) is 76.5 Å².